The summed E-state index contributed by atoms with van der Waals surface area (Å²) in [7, 11) is 1.78. The van der Waals surface area contributed by atoms with Crippen LogP contribution in [0.3, 0.4) is 0 Å². The van der Waals surface area contributed by atoms with Crippen LogP contribution in [0.25, 0.3) is 0 Å². The number of aliphatic hydroxyl groups is 1. The van der Waals surface area contributed by atoms with E-state index in [-0.39, 0.29) is 12.0 Å². The Bertz CT molecular complexity index is 840. The van der Waals surface area contributed by atoms with Crippen LogP contribution in [0.15, 0.2) is 60.7 Å². The Morgan fingerprint density at radius 2 is 1.66 bits per heavy atom. The number of para-hydroxylation sites is 1. The van der Waals surface area contributed by atoms with E-state index in [1.807, 2.05) is 30.3 Å². The van der Waals surface area contributed by atoms with E-state index >= 15 is 0 Å². The number of hydrogen-bond donors (Lipinski definition) is 1. The zero-order valence-corrected chi connectivity index (χ0v) is 19.0. The molecule has 2 aromatic carbocycles. The molecule has 0 aromatic heterocycles. The summed E-state index contributed by atoms with van der Waals surface area (Å²) in [5, 5.41) is 10.4. The van der Waals surface area contributed by atoms with Crippen molar-refractivity contribution in [2.45, 2.75) is 44.1 Å². The maximum atomic E-state index is 13.0. The van der Waals surface area contributed by atoms with Crippen molar-refractivity contribution in [3.05, 3.63) is 66.2 Å². The molecule has 1 N–H and O–H groups in total. The first-order valence-electron chi connectivity index (χ1n) is 11.7. The molecule has 172 valence electrons. The van der Waals surface area contributed by atoms with E-state index in [0.29, 0.717) is 13.0 Å². The van der Waals surface area contributed by atoms with Crippen LogP contribution in [-0.2, 0) is 16.1 Å². The summed E-state index contributed by atoms with van der Waals surface area (Å²) < 4.78 is 6.12. The van der Waals surface area contributed by atoms with Crippen molar-refractivity contribution in [3.63, 3.8) is 0 Å². The molecule has 2 saturated heterocycles. The molecular weight excluding hydrogens is 402 g/mol. The lowest BCUT2D eigenvalue weighted by Crippen LogP contribution is -2.50. The lowest BCUT2D eigenvalue weighted by Gasteiger charge is -2.38. The summed E-state index contributed by atoms with van der Waals surface area (Å²) in [5.41, 5.74) is 2.36. The average molecular weight is 438 g/mol. The second-order valence-electron chi connectivity index (χ2n) is 8.96. The van der Waals surface area contributed by atoms with Gasteiger partial charge in [0.05, 0.1) is 12.2 Å². The molecular formula is C26H35N3O3. The summed E-state index contributed by atoms with van der Waals surface area (Å²) in [5.74, 6) is -0.137. The maximum Gasteiger partial charge on any atom is 0.254 e. The summed E-state index contributed by atoms with van der Waals surface area (Å²) in [6.45, 7) is 5.60. The van der Waals surface area contributed by atoms with Crippen molar-refractivity contribution in [2.24, 2.45) is 0 Å². The molecule has 2 fully saturated rings. The van der Waals surface area contributed by atoms with Crippen LogP contribution >= 0.6 is 0 Å². The minimum Gasteiger partial charge on any atom is -0.390 e. The van der Waals surface area contributed by atoms with E-state index in [9.17, 15) is 9.90 Å². The molecule has 2 heterocycles. The molecule has 0 aliphatic carbocycles. The van der Waals surface area contributed by atoms with Crippen LogP contribution in [0.1, 0.15) is 24.8 Å². The summed E-state index contributed by atoms with van der Waals surface area (Å²) >= 11 is 0. The number of carbonyl (C=O) groups is 1. The third kappa shape index (κ3) is 5.88. The van der Waals surface area contributed by atoms with Gasteiger partial charge in [0.25, 0.3) is 5.91 Å². The highest BCUT2D eigenvalue weighted by atomic mass is 16.5. The number of piperazine rings is 1. The molecule has 4 rings (SSSR count). The predicted octanol–water partition coefficient (Wildman–Crippen LogP) is 2.77. The van der Waals surface area contributed by atoms with Gasteiger partial charge in [0.1, 0.15) is 0 Å². The zero-order chi connectivity index (χ0) is 22.3. The van der Waals surface area contributed by atoms with Gasteiger partial charge in [-0.15, -0.1) is 0 Å². The standard InChI is InChI=1S/C26H35N3O3/c1-27(20-21-8-4-2-5-9-21)26(31)25-24(30)13-12-23(32-25)14-15-28-16-18-29(19-17-28)22-10-6-3-7-11-22/h2-11,23-25,30H,12-20H2,1H3. The number of anilines is 1. The van der Waals surface area contributed by atoms with Crippen LogP contribution in [0.4, 0.5) is 5.69 Å². The first-order valence-corrected chi connectivity index (χ1v) is 11.7. The van der Waals surface area contributed by atoms with Gasteiger partial charge in [-0.25, -0.2) is 0 Å². The van der Waals surface area contributed by atoms with E-state index < -0.39 is 12.2 Å². The summed E-state index contributed by atoms with van der Waals surface area (Å²) in [4.78, 5) is 19.5. The van der Waals surface area contributed by atoms with Crippen molar-refractivity contribution in [3.8, 4) is 0 Å². The number of aliphatic hydroxyl groups excluding tert-OH is 1. The highest BCUT2D eigenvalue weighted by Gasteiger charge is 2.36. The zero-order valence-electron chi connectivity index (χ0n) is 19.0. The van der Waals surface area contributed by atoms with E-state index in [1.165, 1.54) is 5.69 Å². The van der Waals surface area contributed by atoms with Gasteiger partial charge in [-0.05, 0) is 37.0 Å². The Balaban J connectivity index is 1.23. The molecule has 6 nitrogen and oxygen atoms in total. The predicted molar refractivity (Wildman–Crippen MR) is 127 cm³/mol. The van der Waals surface area contributed by atoms with Crippen LogP contribution in [0.5, 0.6) is 0 Å². The molecule has 0 spiro atoms. The van der Waals surface area contributed by atoms with Crippen molar-refractivity contribution >= 4 is 11.6 Å². The molecule has 2 aliphatic rings. The topological polar surface area (TPSA) is 56.2 Å². The van der Waals surface area contributed by atoms with Gasteiger partial charge in [-0.1, -0.05) is 48.5 Å². The minimum absolute atomic E-state index is 0.0182. The Labute approximate surface area is 191 Å². The molecule has 6 heteroatoms. The second-order valence-corrected chi connectivity index (χ2v) is 8.96. The van der Waals surface area contributed by atoms with Gasteiger partial charge >= 0.3 is 0 Å². The number of likely N-dealkylation sites (N-methyl/N-ethyl adjacent to an activating group) is 1. The Kier molecular flexibility index (Phi) is 7.79. The molecule has 2 aromatic rings. The number of carbonyl (C=O) groups excluding carboxylic acids is 1. The van der Waals surface area contributed by atoms with Gasteiger partial charge in [0.2, 0.25) is 0 Å². The van der Waals surface area contributed by atoms with E-state index in [4.69, 9.17) is 4.74 Å². The monoisotopic (exact) mass is 437 g/mol. The number of hydrogen-bond acceptors (Lipinski definition) is 5. The first-order chi connectivity index (χ1) is 15.6. The number of benzene rings is 2. The largest absolute Gasteiger partial charge is 0.390 e. The number of amides is 1. The van der Waals surface area contributed by atoms with Crippen molar-refractivity contribution in [2.75, 3.05) is 44.7 Å². The molecule has 2 aliphatic heterocycles. The molecule has 3 unspecified atom stereocenters. The lowest BCUT2D eigenvalue weighted by atomic mass is 9.98. The fourth-order valence-electron chi connectivity index (χ4n) is 4.66. The highest BCUT2D eigenvalue weighted by molar-refractivity contribution is 5.81. The fraction of sp³-hybridized carbons (Fsp3) is 0.500. The van der Waals surface area contributed by atoms with Crippen molar-refractivity contribution in [1.82, 2.24) is 9.80 Å². The number of rotatable bonds is 7. The van der Waals surface area contributed by atoms with Crippen LogP contribution in [-0.4, -0.2) is 78.9 Å². The van der Waals surface area contributed by atoms with Crippen LogP contribution in [0, 0.1) is 0 Å². The summed E-state index contributed by atoms with van der Waals surface area (Å²) in [6.07, 6.45) is 0.831. The van der Waals surface area contributed by atoms with Gasteiger partial charge < -0.3 is 19.6 Å². The van der Waals surface area contributed by atoms with E-state index in [2.05, 4.69) is 40.1 Å². The molecule has 32 heavy (non-hydrogen) atoms. The quantitative estimate of drug-likeness (QED) is 0.722. The highest BCUT2D eigenvalue weighted by Crippen LogP contribution is 2.24. The van der Waals surface area contributed by atoms with Gasteiger partial charge in [-0.3, -0.25) is 9.69 Å². The Morgan fingerprint density at radius 3 is 2.34 bits per heavy atom. The molecule has 0 radical (unpaired) electrons. The SMILES string of the molecule is CN(Cc1ccccc1)C(=O)C1OC(CCN2CCN(c3ccccc3)CC2)CCC1O. The maximum absolute atomic E-state index is 13.0. The number of nitrogens with zero attached hydrogens (tertiary/aromatic N) is 3. The van der Waals surface area contributed by atoms with Gasteiger partial charge in [0, 0.05) is 52.0 Å². The smallest absolute Gasteiger partial charge is 0.254 e. The van der Waals surface area contributed by atoms with Gasteiger partial charge in [-0.2, -0.15) is 0 Å². The second kappa shape index (κ2) is 10.9. The third-order valence-electron chi connectivity index (χ3n) is 6.62. The number of ether oxygens (including phenoxy) is 1. The lowest BCUT2D eigenvalue weighted by molar-refractivity contribution is -0.167. The normalized spacial score (nSPS) is 24.3. The molecule has 0 bridgehead atoms. The van der Waals surface area contributed by atoms with Crippen molar-refractivity contribution < 1.29 is 14.6 Å². The van der Waals surface area contributed by atoms with E-state index in [1.54, 1.807) is 11.9 Å². The fourth-order valence-corrected chi connectivity index (χ4v) is 4.66. The molecule has 0 saturated carbocycles. The van der Waals surface area contributed by atoms with E-state index in [0.717, 1.165) is 51.1 Å². The van der Waals surface area contributed by atoms with Crippen molar-refractivity contribution in [1.29, 1.82) is 0 Å². The minimum atomic E-state index is -0.766. The molecule has 3 atom stereocenters. The van der Waals surface area contributed by atoms with Gasteiger partial charge in [0.15, 0.2) is 6.10 Å². The van der Waals surface area contributed by atoms with Crippen LogP contribution < -0.4 is 4.90 Å². The third-order valence-corrected chi connectivity index (χ3v) is 6.62. The Morgan fingerprint density at radius 1 is 1.00 bits per heavy atom. The first kappa shape index (κ1) is 22.8. The Hall–Kier alpha value is -2.41. The molecule has 1 amide bonds. The average Bonchev–Trinajstić information content (AvgIpc) is 2.84. The summed E-state index contributed by atoms with van der Waals surface area (Å²) in [6, 6.07) is 20.5. The van der Waals surface area contributed by atoms with Crippen LogP contribution in [0.2, 0.25) is 0 Å².